The fraction of sp³-hybridized carbons (Fsp3) is 0.545. The number of thiophene rings is 1. The van der Waals surface area contributed by atoms with Crippen LogP contribution in [0.4, 0.5) is 0 Å². The van der Waals surface area contributed by atoms with Crippen molar-refractivity contribution < 1.29 is 9.90 Å². The highest BCUT2D eigenvalue weighted by molar-refractivity contribution is 9.10. The summed E-state index contributed by atoms with van der Waals surface area (Å²) in [6.45, 7) is 4.02. The topological polar surface area (TPSA) is 40.5 Å². The molecule has 0 bridgehead atoms. The van der Waals surface area contributed by atoms with Crippen LogP contribution in [0.3, 0.4) is 0 Å². The van der Waals surface area contributed by atoms with Crippen LogP contribution in [0.5, 0.6) is 0 Å². The van der Waals surface area contributed by atoms with Crippen LogP contribution in [0, 0.1) is 5.41 Å². The van der Waals surface area contributed by atoms with Gasteiger partial charge >= 0.3 is 5.97 Å². The lowest BCUT2D eigenvalue weighted by atomic mass is 9.90. The number of halogens is 2. The van der Waals surface area contributed by atoms with Gasteiger partial charge < -0.3 is 5.11 Å². The Hall–Kier alpha value is -0.100. The average molecular weight is 339 g/mol. The van der Waals surface area contributed by atoms with E-state index in [4.69, 9.17) is 16.7 Å². The average Bonchev–Trinajstić information content (AvgIpc) is 2.74. The molecule has 1 fully saturated rings. The maximum absolute atomic E-state index is 11.1. The minimum Gasteiger partial charge on any atom is -0.481 e. The monoisotopic (exact) mass is 337 g/mol. The van der Waals surface area contributed by atoms with Crippen molar-refractivity contribution in [2.75, 3.05) is 13.1 Å². The quantitative estimate of drug-likeness (QED) is 0.917. The molecule has 1 aromatic heterocycles. The van der Waals surface area contributed by atoms with Gasteiger partial charge in [-0.05, 0) is 41.9 Å². The van der Waals surface area contributed by atoms with Gasteiger partial charge in [-0.15, -0.1) is 11.3 Å². The molecule has 1 atom stereocenters. The van der Waals surface area contributed by atoms with Crippen LogP contribution in [-0.4, -0.2) is 29.1 Å². The molecule has 0 amide bonds. The normalized spacial score (nSPS) is 25.4. The van der Waals surface area contributed by atoms with Crippen molar-refractivity contribution in [3.63, 3.8) is 0 Å². The minimum atomic E-state index is -0.703. The predicted octanol–water partition coefficient (Wildman–Crippen LogP) is 3.46. The second-order valence-electron chi connectivity index (χ2n) is 4.66. The van der Waals surface area contributed by atoms with Crippen LogP contribution in [0.2, 0.25) is 4.34 Å². The van der Waals surface area contributed by atoms with Crippen LogP contribution in [-0.2, 0) is 11.3 Å². The molecule has 2 rings (SSSR count). The zero-order valence-corrected chi connectivity index (χ0v) is 12.5. The molecule has 0 aromatic carbocycles. The van der Waals surface area contributed by atoms with Gasteiger partial charge in [-0.1, -0.05) is 11.6 Å². The Balaban J connectivity index is 2.01. The number of carboxylic acids is 1. The first-order chi connectivity index (χ1) is 7.90. The van der Waals surface area contributed by atoms with Crippen LogP contribution < -0.4 is 0 Å². The van der Waals surface area contributed by atoms with Gasteiger partial charge in [0.1, 0.15) is 4.34 Å². The number of likely N-dealkylation sites (tertiary alicyclic amines) is 1. The van der Waals surface area contributed by atoms with E-state index in [9.17, 15) is 4.79 Å². The van der Waals surface area contributed by atoms with E-state index in [1.54, 1.807) is 0 Å². The van der Waals surface area contributed by atoms with Crippen molar-refractivity contribution in [2.45, 2.75) is 19.9 Å². The van der Waals surface area contributed by atoms with E-state index in [0.29, 0.717) is 13.0 Å². The number of aliphatic carboxylic acids is 1. The van der Waals surface area contributed by atoms with Gasteiger partial charge in [-0.2, -0.15) is 0 Å². The number of nitrogens with zero attached hydrogens (tertiary/aromatic N) is 1. The predicted molar refractivity (Wildman–Crippen MR) is 72.7 cm³/mol. The third-order valence-corrected chi connectivity index (χ3v) is 5.60. The molecular formula is C11H13BrClNO2S. The third kappa shape index (κ3) is 2.84. The van der Waals surface area contributed by atoms with Crippen LogP contribution in [0.1, 0.15) is 18.2 Å². The summed E-state index contributed by atoms with van der Waals surface area (Å²) >= 11 is 10.9. The van der Waals surface area contributed by atoms with Gasteiger partial charge in [0.2, 0.25) is 0 Å². The standard InChI is InChI=1S/C11H13BrClNO2S/c1-11(10(15)16)2-3-14(6-11)5-7-4-8(12)9(13)17-7/h4H,2-3,5-6H2,1H3,(H,15,16). The van der Waals surface area contributed by atoms with Crippen LogP contribution in [0.25, 0.3) is 0 Å². The van der Waals surface area contributed by atoms with E-state index in [1.807, 2.05) is 13.0 Å². The summed E-state index contributed by atoms with van der Waals surface area (Å²) in [5.74, 6) is -0.703. The molecule has 0 spiro atoms. The van der Waals surface area contributed by atoms with Crippen molar-refractivity contribution in [3.8, 4) is 0 Å². The Morgan fingerprint density at radius 1 is 1.76 bits per heavy atom. The van der Waals surface area contributed by atoms with Gasteiger partial charge in [0.15, 0.2) is 0 Å². The van der Waals surface area contributed by atoms with Crippen molar-refractivity contribution in [1.29, 1.82) is 0 Å². The van der Waals surface area contributed by atoms with E-state index in [1.165, 1.54) is 11.3 Å². The highest BCUT2D eigenvalue weighted by Crippen LogP contribution is 2.35. The Morgan fingerprint density at radius 2 is 2.47 bits per heavy atom. The number of carbonyl (C=O) groups is 1. The van der Waals surface area contributed by atoms with E-state index in [0.717, 1.165) is 26.8 Å². The zero-order valence-electron chi connectivity index (χ0n) is 9.37. The molecule has 0 radical (unpaired) electrons. The maximum atomic E-state index is 11.1. The third-order valence-electron chi connectivity index (χ3n) is 3.14. The SMILES string of the molecule is CC1(C(=O)O)CCN(Cc2cc(Br)c(Cl)s2)C1. The fourth-order valence-electron chi connectivity index (χ4n) is 2.06. The second kappa shape index (κ2) is 4.88. The van der Waals surface area contributed by atoms with Crippen molar-refractivity contribution in [3.05, 3.63) is 19.8 Å². The largest absolute Gasteiger partial charge is 0.481 e. The smallest absolute Gasteiger partial charge is 0.310 e. The first-order valence-corrected chi connectivity index (χ1v) is 7.29. The molecule has 1 saturated heterocycles. The Bertz CT molecular complexity index is 431. The van der Waals surface area contributed by atoms with Gasteiger partial charge in [0.25, 0.3) is 0 Å². The van der Waals surface area contributed by atoms with E-state index in [-0.39, 0.29) is 0 Å². The number of carboxylic acid groups (broad SMARTS) is 1. The lowest BCUT2D eigenvalue weighted by Gasteiger charge is -2.19. The van der Waals surface area contributed by atoms with Gasteiger partial charge in [0.05, 0.1) is 5.41 Å². The van der Waals surface area contributed by atoms with Crippen molar-refractivity contribution >= 4 is 44.8 Å². The lowest BCUT2D eigenvalue weighted by molar-refractivity contribution is -0.147. The number of hydrogen-bond acceptors (Lipinski definition) is 3. The lowest BCUT2D eigenvalue weighted by Crippen LogP contribution is -2.31. The number of hydrogen-bond donors (Lipinski definition) is 1. The summed E-state index contributed by atoms with van der Waals surface area (Å²) in [7, 11) is 0. The molecule has 1 unspecified atom stereocenters. The Kier molecular flexibility index (Phi) is 3.83. The second-order valence-corrected chi connectivity index (χ2v) is 7.25. The van der Waals surface area contributed by atoms with Gasteiger partial charge in [0, 0.05) is 22.4 Å². The summed E-state index contributed by atoms with van der Waals surface area (Å²) in [6.07, 6.45) is 0.711. The zero-order chi connectivity index (χ0) is 12.6. The summed E-state index contributed by atoms with van der Waals surface area (Å²) in [5.41, 5.74) is -0.599. The summed E-state index contributed by atoms with van der Waals surface area (Å²) in [4.78, 5) is 14.5. The van der Waals surface area contributed by atoms with Gasteiger partial charge in [-0.3, -0.25) is 9.69 Å². The fourth-order valence-corrected chi connectivity index (χ4v) is 3.89. The van der Waals surface area contributed by atoms with Gasteiger partial charge in [-0.25, -0.2) is 0 Å². The van der Waals surface area contributed by atoms with E-state index >= 15 is 0 Å². The summed E-state index contributed by atoms with van der Waals surface area (Å²) in [5, 5.41) is 9.15. The molecule has 17 heavy (non-hydrogen) atoms. The minimum absolute atomic E-state index is 0.599. The Morgan fingerprint density at radius 3 is 2.94 bits per heavy atom. The highest BCUT2D eigenvalue weighted by Gasteiger charge is 2.40. The molecule has 1 aliphatic rings. The first kappa shape index (κ1) is 13.3. The van der Waals surface area contributed by atoms with Crippen molar-refractivity contribution in [1.82, 2.24) is 4.90 Å². The van der Waals surface area contributed by atoms with Crippen LogP contribution >= 0.6 is 38.9 Å². The molecule has 3 nitrogen and oxygen atoms in total. The molecule has 94 valence electrons. The number of rotatable bonds is 3. The molecular weight excluding hydrogens is 326 g/mol. The van der Waals surface area contributed by atoms with E-state index in [2.05, 4.69) is 20.8 Å². The molecule has 0 saturated carbocycles. The summed E-state index contributed by atoms with van der Waals surface area (Å²) < 4.78 is 1.67. The molecule has 2 heterocycles. The van der Waals surface area contributed by atoms with Crippen molar-refractivity contribution in [2.24, 2.45) is 5.41 Å². The molecule has 6 heteroatoms. The van der Waals surface area contributed by atoms with E-state index < -0.39 is 11.4 Å². The Labute approximate surface area is 118 Å². The molecule has 1 N–H and O–H groups in total. The summed E-state index contributed by atoms with van der Waals surface area (Å²) in [6, 6.07) is 2.00. The first-order valence-electron chi connectivity index (χ1n) is 5.30. The van der Waals surface area contributed by atoms with Crippen LogP contribution in [0.15, 0.2) is 10.5 Å². The molecule has 1 aromatic rings. The highest BCUT2D eigenvalue weighted by atomic mass is 79.9. The molecule has 0 aliphatic carbocycles. The molecule has 1 aliphatic heterocycles. The maximum Gasteiger partial charge on any atom is 0.310 e.